The number of carboxylic acids is 1. The Balaban J connectivity index is 1.60. The fourth-order valence-electron chi connectivity index (χ4n) is 4.31. The number of hydrogen-bond donors (Lipinski definition) is 1. The number of rotatable bonds is 5. The average Bonchev–Trinajstić information content (AvgIpc) is 3.48. The van der Waals surface area contributed by atoms with Crippen LogP contribution in [-0.2, 0) is 22.6 Å². The Kier molecular flexibility index (Phi) is 6.35. The molecule has 0 bridgehead atoms. The highest BCUT2D eigenvalue weighted by Crippen LogP contribution is 2.35. The van der Waals surface area contributed by atoms with E-state index < -0.39 is 18.1 Å². The van der Waals surface area contributed by atoms with Crippen molar-refractivity contribution in [3.63, 3.8) is 0 Å². The molecule has 0 atom stereocenters. The van der Waals surface area contributed by atoms with Gasteiger partial charge in [-0.2, -0.15) is 0 Å². The Bertz CT molecular complexity index is 1540. The second kappa shape index (κ2) is 9.44. The molecule has 0 radical (unpaired) electrons. The molecule has 3 heterocycles. The summed E-state index contributed by atoms with van der Waals surface area (Å²) in [5.41, 5.74) is 3.88. The molecule has 3 aromatic rings. The lowest BCUT2D eigenvalue weighted by atomic mass is 10.1. The van der Waals surface area contributed by atoms with Crippen LogP contribution in [0.3, 0.4) is 0 Å². The van der Waals surface area contributed by atoms with Crippen molar-refractivity contribution in [1.29, 1.82) is 0 Å². The summed E-state index contributed by atoms with van der Waals surface area (Å²) in [5, 5.41) is 9.39. The van der Waals surface area contributed by atoms with Crippen LogP contribution in [0.25, 0.3) is 11.0 Å². The summed E-state index contributed by atoms with van der Waals surface area (Å²) in [6, 6.07) is 16.3. The van der Waals surface area contributed by atoms with Gasteiger partial charge in [-0.15, -0.1) is 11.3 Å². The maximum atomic E-state index is 13.2. The summed E-state index contributed by atoms with van der Waals surface area (Å²) in [6.07, 6.45) is 2.65. The number of benzene rings is 2. The first-order valence-corrected chi connectivity index (χ1v) is 13.1. The van der Waals surface area contributed by atoms with Gasteiger partial charge in [0.1, 0.15) is 20.4 Å². The second-order valence-corrected chi connectivity index (χ2v) is 10.7. The fourth-order valence-corrected chi connectivity index (χ4v) is 6.95. The monoisotopic (exact) mass is 523 g/mol. The van der Waals surface area contributed by atoms with Gasteiger partial charge in [0.05, 0.1) is 4.53 Å². The molecule has 178 valence electrons. The molecule has 1 aromatic heterocycles. The van der Waals surface area contributed by atoms with E-state index in [0.29, 0.717) is 25.0 Å². The molecular weight excluding hydrogens is 502 g/mol. The lowest BCUT2D eigenvalue weighted by Crippen LogP contribution is -2.35. The molecular formula is C25H21N3O4S3. The van der Waals surface area contributed by atoms with E-state index in [9.17, 15) is 19.5 Å². The zero-order chi connectivity index (χ0) is 24.7. The number of fused-ring (bicyclic) bond motifs is 1. The van der Waals surface area contributed by atoms with Crippen LogP contribution in [0.5, 0.6) is 0 Å². The van der Waals surface area contributed by atoms with Crippen molar-refractivity contribution in [2.24, 2.45) is 0 Å². The van der Waals surface area contributed by atoms with Crippen LogP contribution >= 0.6 is 35.3 Å². The number of anilines is 2. The van der Waals surface area contributed by atoms with Gasteiger partial charge < -0.3 is 10.0 Å². The van der Waals surface area contributed by atoms with Crippen LogP contribution in [0.2, 0.25) is 0 Å². The lowest BCUT2D eigenvalue weighted by Gasteiger charge is -2.19. The van der Waals surface area contributed by atoms with E-state index in [-0.39, 0.29) is 5.91 Å². The molecule has 5 rings (SSSR count). The molecule has 1 fully saturated rings. The summed E-state index contributed by atoms with van der Waals surface area (Å²) in [4.78, 5) is 41.5. The van der Waals surface area contributed by atoms with Crippen LogP contribution in [0, 0.1) is 0 Å². The number of aliphatic carboxylic acids is 1. The number of hydrogen-bond acceptors (Lipinski definition) is 7. The van der Waals surface area contributed by atoms with Crippen molar-refractivity contribution in [2.75, 3.05) is 18.0 Å². The molecule has 2 aromatic carbocycles. The number of thioether (sulfide) groups is 1. The highest BCUT2D eigenvalue weighted by Gasteiger charge is 2.33. The predicted octanol–water partition coefficient (Wildman–Crippen LogP) is 2.51. The Morgan fingerprint density at radius 2 is 1.94 bits per heavy atom. The number of para-hydroxylation sites is 1. The molecule has 1 amide bonds. The molecule has 7 nitrogen and oxygen atoms in total. The van der Waals surface area contributed by atoms with Gasteiger partial charge in [-0.05, 0) is 54.8 Å². The normalized spacial score (nSPS) is 17.5. The number of aromatic nitrogens is 1. The average molecular weight is 524 g/mol. The zero-order valence-electron chi connectivity index (χ0n) is 18.8. The van der Waals surface area contributed by atoms with Crippen LogP contribution in [-0.4, -0.2) is 43.9 Å². The van der Waals surface area contributed by atoms with Crippen molar-refractivity contribution in [3.8, 4) is 0 Å². The largest absolute Gasteiger partial charge is 0.480 e. The van der Waals surface area contributed by atoms with Crippen molar-refractivity contribution in [1.82, 2.24) is 9.47 Å². The van der Waals surface area contributed by atoms with Crippen LogP contribution in [0.1, 0.15) is 18.1 Å². The quantitative estimate of drug-likeness (QED) is 0.515. The Labute approximate surface area is 214 Å². The van der Waals surface area contributed by atoms with Gasteiger partial charge in [-0.25, -0.2) is 0 Å². The first-order chi connectivity index (χ1) is 16.9. The lowest BCUT2D eigenvalue weighted by molar-refractivity contribution is -0.137. The van der Waals surface area contributed by atoms with E-state index in [1.807, 2.05) is 37.3 Å². The van der Waals surface area contributed by atoms with E-state index >= 15 is 0 Å². The zero-order valence-corrected chi connectivity index (χ0v) is 21.2. The molecule has 0 spiro atoms. The van der Waals surface area contributed by atoms with Crippen molar-refractivity contribution in [2.45, 2.75) is 19.9 Å². The maximum Gasteiger partial charge on any atom is 0.323 e. The Morgan fingerprint density at radius 3 is 2.63 bits per heavy atom. The third kappa shape index (κ3) is 4.33. The van der Waals surface area contributed by atoms with E-state index in [0.717, 1.165) is 57.6 Å². The molecule has 0 unspecified atom stereocenters. The SMILES string of the molecule is CCN1C(=O)/C(=c2\s/c(=C/c3ccc4c(c3)CCN4c3ccccc3)c(=O)n2CC(=O)O)SC1=S. The molecule has 35 heavy (non-hydrogen) atoms. The number of carbonyl (C=O) groups excluding carboxylic acids is 1. The number of nitrogens with zero attached hydrogens (tertiary/aromatic N) is 3. The molecule has 2 aliphatic rings. The third-order valence-electron chi connectivity index (χ3n) is 5.93. The van der Waals surface area contributed by atoms with Gasteiger partial charge in [0, 0.05) is 24.5 Å². The van der Waals surface area contributed by atoms with Crippen LogP contribution in [0.15, 0.2) is 53.3 Å². The van der Waals surface area contributed by atoms with Gasteiger partial charge in [-0.1, -0.05) is 48.2 Å². The summed E-state index contributed by atoms with van der Waals surface area (Å²) in [5.74, 6) is -1.45. The maximum absolute atomic E-state index is 13.2. The fraction of sp³-hybridized carbons (Fsp3) is 0.200. The predicted molar refractivity (Wildman–Crippen MR) is 144 cm³/mol. The van der Waals surface area contributed by atoms with Gasteiger partial charge in [-0.3, -0.25) is 23.9 Å². The van der Waals surface area contributed by atoms with Crippen LogP contribution in [0.4, 0.5) is 11.4 Å². The van der Waals surface area contributed by atoms with E-state index in [4.69, 9.17) is 12.2 Å². The number of carboxylic acid groups (broad SMARTS) is 1. The minimum atomic E-state index is -1.15. The van der Waals surface area contributed by atoms with Crippen molar-refractivity contribution >= 4 is 73.9 Å². The number of thiocarbonyl (C=S) groups is 1. The molecule has 2 aliphatic heterocycles. The molecule has 0 saturated carbocycles. The molecule has 10 heteroatoms. The standard InChI is InChI=1S/C25H21N3O4S3/c1-2-26-23(32)21(35-25(26)33)24-28(14-20(29)30)22(31)19(34-24)13-15-8-9-18-16(12-15)10-11-27(18)17-6-4-3-5-7-17/h3-9,12-13H,2,10-11,14H2,1H3,(H,29,30)/b19-13+,24-21+. The van der Waals surface area contributed by atoms with Gasteiger partial charge >= 0.3 is 5.97 Å². The van der Waals surface area contributed by atoms with Gasteiger partial charge in [0.15, 0.2) is 0 Å². The summed E-state index contributed by atoms with van der Waals surface area (Å²) < 4.78 is 2.27. The second-order valence-electron chi connectivity index (χ2n) is 8.07. The van der Waals surface area contributed by atoms with Crippen LogP contribution < -0.4 is 19.7 Å². The number of carbonyl (C=O) groups is 2. The smallest absolute Gasteiger partial charge is 0.323 e. The number of amides is 1. The number of thiazole rings is 1. The minimum Gasteiger partial charge on any atom is -0.480 e. The van der Waals surface area contributed by atoms with E-state index in [1.54, 1.807) is 6.08 Å². The molecule has 1 N–H and O–H groups in total. The van der Waals surface area contributed by atoms with Crippen molar-refractivity contribution < 1.29 is 14.7 Å². The summed E-state index contributed by atoms with van der Waals surface area (Å²) in [7, 11) is 0. The summed E-state index contributed by atoms with van der Waals surface area (Å²) >= 11 is 7.53. The first-order valence-electron chi connectivity index (χ1n) is 11.0. The van der Waals surface area contributed by atoms with E-state index in [1.165, 1.54) is 10.5 Å². The minimum absolute atomic E-state index is 0.298. The first kappa shape index (κ1) is 23.5. The Hall–Kier alpha value is -3.21. The molecule has 1 saturated heterocycles. The van der Waals surface area contributed by atoms with Crippen molar-refractivity contribution in [3.05, 3.63) is 79.2 Å². The summed E-state index contributed by atoms with van der Waals surface area (Å²) in [6.45, 7) is 2.59. The highest BCUT2D eigenvalue weighted by molar-refractivity contribution is 8.30. The highest BCUT2D eigenvalue weighted by atomic mass is 32.2. The third-order valence-corrected chi connectivity index (χ3v) is 8.62. The Morgan fingerprint density at radius 1 is 1.17 bits per heavy atom. The topological polar surface area (TPSA) is 82.9 Å². The molecule has 0 aliphatic carbocycles. The van der Waals surface area contributed by atoms with Gasteiger partial charge in [0.25, 0.3) is 11.5 Å². The van der Waals surface area contributed by atoms with E-state index in [2.05, 4.69) is 23.1 Å². The van der Waals surface area contributed by atoms with Gasteiger partial charge in [0.2, 0.25) is 0 Å².